The summed E-state index contributed by atoms with van der Waals surface area (Å²) < 4.78 is 25.8. The van der Waals surface area contributed by atoms with Crippen molar-refractivity contribution < 1.29 is 8.42 Å². The zero-order chi connectivity index (χ0) is 13.9. The van der Waals surface area contributed by atoms with Crippen molar-refractivity contribution in [2.45, 2.75) is 19.2 Å². The summed E-state index contributed by atoms with van der Waals surface area (Å²) in [4.78, 5) is 5.09. The van der Waals surface area contributed by atoms with Gasteiger partial charge < -0.3 is 0 Å². The van der Waals surface area contributed by atoms with Crippen LogP contribution in [0.15, 0.2) is 36.5 Å². The van der Waals surface area contributed by atoms with E-state index in [2.05, 4.69) is 4.98 Å². The molecule has 0 unspecified atom stereocenters. The molecule has 0 aliphatic rings. The Morgan fingerprint density at radius 3 is 2.53 bits per heavy atom. The third-order valence-electron chi connectivity index (χ3n) is 2.71. The fourth-order valence-corrected chi connectivity index (χ4v) is 3.79. The number of hydrogen-bond acceptors (Lipinski definition) is 4. The van der Waals surface area contributed by atoms with Gasteiger partial charge in [0.15, 0.2) is 0 Å². The predicted octanol–water partition coefficient (Wildman–Crippen LogP) is 2.41. The number of benzene rings is 1. The van der Waals surface area contributed by atoms with Crippen LogP contribution < -0.4 is 0 Å². The molecule has 0 spiro atoms. The quantitative estimate of drug-likeness (QED) is 0.851. The Hall–Kier alpha value is -1.24. The van der Waals surface area contributed by atoms with Crippen molar-refractivity contribution in [2.75, 3.05) is 7.05 Å². The van der Waals surface area contributed by atoms with Crippen molar-refractivity contribution in [3.63, 3.8) is 0 Å². The minimum Gasteiger partial charge on any atom is -0.250 e. The SMILES string of the molecule is Cc1ncc(CN(C)S(=O)(=O)Cc2ccccc2)s1. The molecular weight excluding hydrogens is 280 g/mol. The van der Waals surface area contributed by atoms with Crippen molar-refractivity contribution in [1.82, 2.24) is 9.29 Å². The first-order chi connectivity index (χ1) is 8.97. The van der Waals surface area contributed by atoms with Gasteiger partial charge in [0.1, 0.15) is 0 Å². The lowest BCUT2D eigenvalue weighted by molar-refractivity contribution is 0.468. The van der Waals surface area contributed by atoms with Gasteiger partial charge >= 0.3 is 0 Å². The monoisotopic (exact) mass is 296 g/mol. The summed E-state index contributed by atoms with van der Waals surface area (Å²) in [6.07, 6.45) is 1.73. The molecule has 1 aromatic heterocycles. The van der Waals surface area contributed by atoms with Gasteiger partial charge in [0.2, 0.25) is 10.0 Å². The van der Waals surface area contributed by atoms with Crippen molar-refractivity contribution in [3.8, 4) is 0 Å². The lowest BCUT2D eigenvalue weighted by Crippen LogP contribution is -2.27. The number of rotatable bonds is 5. The first kappa shape index (κ1) is 14.2. The van der Waals surface area contributed by atoms with E-state index in [0.29, 0.717) is 6.54 Å². The Kier molecular flexibility index (Phi) is 4.34. The Morgan fingerprint density at radius 2 is 1.95 bits per heavy atom. The van der Waals surface area contributed by atoms with Crippen molar-refractivity contribution >= 4 is 21.4 Å². The fraction of sp³-hybridized carbons (Fsp3) is 0.308. The van der Waals surface area contributed by atoms with Crippen molar-refractivity contribution in [3.05, 3.63) is 52.0 Å². The summed E-state index contributed by atoms with van der Waals surface area (Å²) in [5.41, 5.74) is 0.801. The van der Waals surface area contributed by atoms with Crippen LogP contribution in [0.25, 0.3) is 0 Å². The summed E-state index contributed by atoms with van der Waals surface area (Å²) >= 11 is 1.52. The topological polar surface area (TPSA) is 50.3 Å². The number of aromatic nitrogens is 1. The molecule has 102 valence electrons. The van der Waals surface area contributed by atoms with Crippen LogP contribution in [0, 0.1) is 6.92 Å². The van der Waals surface area contributed by atoms with E-state index in [9.17, 15) is 8.42 Å². The molecule has 0 fully saturated rings. The van der Waals surface area contributed by atoms with Gasteiger partial charge in [-0.15, -0.1) is 11.3 Å². The average molecular weight is 296 g/mol. The lowest BCUT2D eigenvalue weighted by Gasteiger charge is -2.16. The molecule has 2 rings (SSSR count). The average Bonchev–Trinajstić information content (AvgIpc) is 2.75. The van der Waals surface area contributed by atoms with Gasteiger partial charge in [0.25, 0.3) is 0 Å². The van der Waals surface area contributed by atoms with Gasteiger partial charge in [0, 0.05) is 24.7 Å². The number of thiazole rings is 1. The highest BCUT2D eigenvalue weighted by Crippen LogP contribution is 2.17. The Balaban J connectivity index is 2.07. The molecule has 0 aliphatic heterocycles. The minimum atomic E-state index is -3.29. The maximum atomic E-state index is 12.2. The van der Waals surface area contributed by atoms with Crippen LogP contribution in [0.1, 0.15) is 15.4 Å². The number of nitrogens with zero attached hydrogens (tertiary/aromatic N) is 2. The molecule has 1 heterocycles. The van der Waals surface area contributed by atoms with Crippen LogP contribution >= 0.6 is 11.3 Å². The van der Waals surface area contributed by atoms with E-state index in [-0.39, 0.29) is 5.75 Å². The van der Waals surface area contributed by atoms with Gasteiger partial charge in [-0.1, -0.05) is 30.3 Å². The Morgan fingerprint density at radius 1 is 1.26 bits per heavy atom. The summed E-state index contributed by atoms with van der Waals surface area (Å²) in [6, 6.07) is 9.21. The van der Waals surface area contributed by atoms with Crippen LogP contribution in [0.3, 0.4) is 0 Å². The molecule has 19 heavy (non-hydrogen) atoms. The third-order valence-corrected chi connectivity index (χ3v) is 5.39. The van der Waals surface area contributed by atoms with Crippen molar-refractivity contribution in [1.29, 1.82) is 0 Å². The summed E-state index contributed by atoms with van der Waals surface area (Å²) in [7, 11) is -1.69. The molecule has 0 radical (unpaired) electrons. The maximum absolute atomic E-state index is 12.2. The molecule has 0 amide bonds. The van der Waals surface area contributed by atoms with E-state index in [1.54, 1.807) is 13.2 Å². The van der Waals surface area contributed by atoms with Gasteiger partial charge in [-0.25, -0.2) is 13.4 Å². The minimum absolute atomic E-state index is 0.0299. The van der Waals surface area contributed by atoms with Crippen LogP contribution in [-0.2, 0) is 22.3 Å². The first-order valence-electron chi connectivity index (χ1n) is 5.86. The Labute approximate surface area is 117 Å². The number of aryl methyl sites for hydroxylation is 1. The summed E-state index contributed by atoms with van der Waals surface area (Å²) in [5, 5.41) is 0.948. The number of sulfonamides is 1. The van der Waals surface area contributed by atoms with Gasteiger partial charge in [-0.2, -0.15) is 4.31 Å². The maximum Gasteiger partial charge on any atom is 0.218 e. The van der Waals surface area contributed by atoms with E-state index in [0.717, 1.165) is 15.4 Å². The number of hydrogen-bond donors (Lipinski definition) is 0. The van der Waals surface area contributed by atoms with E-state index < -0.39 is 10.0 Å². The summed E-state index contributed by atoms with van der Waals surface area (Å²) in [6.45, 7) is 2.29. The highest BCUT2D eigenvalue weighted by Gasteiger charge is 2.19. The molecule has 0 atom stereocenters. The second kappa shape index (κ2) is 5.81. The second-order valence-electron chi connectivity index (χ2n) is 4.34. The molecule has 4 nitrogen and oxygen atoms in total. The molecule has 0 saturated heterocycles. The molecule has 0 N–H and O–H groups in total. The van der Waals surface area contributed by atoms with Gasteiger partial charge in [0.05, 0.1) is 10.8 Å². The molecule has 2 aromatic rings. The van der Waals surface area contributed by atoms with Crippen molar-refractivity contribution in [2.24, 2.45) is 0 Å². The smallest absolute Gasteiger partial charge is 0.218 e. The largest absolute Gasteiger partial charge is 0.250 e. The third kappa shape index (κ3) is 3.86. The van der Waals surface area contributed by atoms with E-state index in [4.69, 9.17) is 0 Å². The molecule has 0 saturated carbocycles. The van der Waals surface area contributed by atoms with E-state index in [1.807, 2.05) is 37.3 Å². The molecule has 0 aliphatic carbocycles. The zero-order valence-electron chi connectivity index (χ0n) is 10.9. The zero-order valence-corrected chi connectivity index (χ0v) is 12.5. The van der Waals surface area contributed by atoms with Crippen LogP contribution in [0.5, 0.6) is 0 Å². The second-order valence-corrected chi connectivity index (χ2v) is 7.74. The Bertz CT molecular complexity index is 636. The molecular formula is C13H16N2O2S2. The standard InChI is InChI=1S/C13H16N2O2S2/c1-11-14-8-13(18-11)9-15(2)19(16,17)10-12-6-4-3-5-7-12/h3-8H,9-10H2,1-2H3. The summed E-state index contributed by atoms with van der Waals surface area (Å²) in [5.74, 6) is 0.0299. The highest BCUT2D eigenvalue weighted by atomic mass is 32.2. The van der Waals surface area contributed by atoms with E-state index >= 15 is 0 Å². The molecule has 0 bridgehead atoms. The highest BCUT2D eigenvalue weighted by molar-refractivity contribution is 7.88. The van der Waals surface area contributed by atoms with Crippen LogP contribution in [-0.4, -0.2) is 24.8 Å². The van der Waals surface area contributed by atoms with E-state index in [1.165, 1.54) is 15.6 Å². The van der Waals surface area contributed by atoms with Gasteiger partial charge in [-0.3, -0.25) is 0 Å². The lowest BCUT2D eigenvalue weighted by atomic mass is 10.2. The molecule has 6 heteroatoms. The molecule has 1 aromatic carbocycles. The van der Waals surface area contributed by atoms with Crippen LogP contribution in [0.4, 0.5) is 0 Å². The predicted molar refractivity (Wildman–Crippen MR) is 77.4 cm³/mol. The van der Waals surface area contributed by atoms with Crippen LogP contribution in [0.2, 0.25) is 0 Å². The first-order valence-corrected chi connectivity index (χ1v) is 8.29. The fourth-order valence-electron chi connectivity index (χ4n) is 1.69. The normalized spacial score (nSPS) is 11.9. The van der Waals surface area contributed by atoms with Gasteiger partial charge in [-0.05, 0) is 12.5 Å².